The van der Waals surface area contributed by atoms with Gasteiger partial charge in [0.25, 0.3) is 5.91 Å². The second-order valence-electron chi connectivity index (χ2n) is 21.2. The molecule has 6 amide bonds. The summed E-state index contributed by atoms with van der Waals surface area (Å²) in [7, 11) is 0. The summed E-state index contributed by atoms with van der Waals surface area (Å²) >= 11 is 12.9. The molecule has 67 heavy (non-hydrogen) atoms. The number of benzene rings is 3. The predicted octanol–water partition coefficient (Wildman–Crippen LogP) is 7.14. The van der Waals surface area contributed by atoms with Crippen LogP contribution in [0.1, 0.15) is 130 Å². The van der Waals surface area contributed by atoms with Gasteiger partial charge in [0.15, 0.2) is 0 Å². The zero-order chi connectivity index (χ0) is 47.2. The molecular weight excluding hydrogens is 895 g/mol. The van der Waals surface area contributed by atoms with Crippen LogP contribution in [0, 0.1) is 34.4 Å². The van der Waals surface area contributed by atoms with Crippen molar-refractivity contribution in [1.29, 1.82) is 0 Å². The number of rotatable bonds is 6. The molecule has 2 bridgehead atoms. The minimum atomic E-state index is -1.36. The molecule has 3 aromatic carbocycles. The maximum Gasteiger partial charge on any atom is 0.255 e. The monoisotopic (exact) mass is 948 g/mol. The fraction of sp³-hybridized carbons (Fsp3) is 0.500. The van der Waals surface area contributed by atoms with Gasteiger partial charge in [-0.15, -0.1) is 0 Å². The van der Waals surface area contributed by atoms with E-state index in [4.69, 9.17) is 23.2 Å². The summed E-state index contributed by atoms with van der Waals surface area (Å²) in [5, 5.41) is 12.8. The van der Waals surface area contributed by atoms with Crippen LogP contribution in [-0.4, -0.2) is 82.0 Å². The van der Waals surface area contributed by atoms with Gasteiger partial charge >= 0.3 is 0 Å². The lowest BCUT2D eigenvalue weighted by atomic mass is 9.56. The summed E-state index contributed by atoms with van der Waals surface area (Å²) in [5.41, 5.74) is 0.760. The van der Waals surface area contributed by atoms with Crippen LogP contribution in [0.5, 0.6) is 0 Å². The number of anilines is 1. The number of piperidine rings is 2. The Hall–Kier alpha value is -5.29. The third-order valence-electron chi connectivity index (χ3n) is 16.1. The number of carbonyl (C=O) groups is 6. The highest BCUT2D eigenvalue weighted by molar-refractivity contribution is 6.31. The van der Waals surface area contributed by atoms with Crippen molar-refractivity contribution >= 4 is 64.3 Å². The summed E-state index contributed by atoms with van der Waals surface area (Å²) in [6.45, 7) is 7.68. The molecule has 3 saturated heterocycles. The van der Waals surface area contributed by atoms with Gasteiger partial charge in [-0.3, -0.25) is 34.1 Å². The summed E-state index contributed by atoms with van der Waals surface area (Å²) in [6, 6.07) is 13.2. The molecule has 5 heterocycles. The highest BCUT2D eigenvalue weighted by atomic mass is 35.5. The second-order valence-corrected chi connectivity index (χ2v) is 22.1. The Balaban J connectivity index is 0.817. The number of halogens is 3. The van der Waals surface area contributed by atoms with Crippen molar-refractivity contribution in [3.8, 4) is 11.8 Å². The number of hydrogen-bond acceptors (Lipinski definition) is 7. The quantitative estimate of drug-likeness (QED) is 0.151. The lowest BCUT2D eigenvalue weighted by molar-refractivity contribution is -0.151. The zero-order valence-electron chi connectivity index (χ0n) is 38.0. The van der Waals surface area contributed by atoms with E-state index < -0.39 is 52.1 Å². The molecule has 5 atom stereocenters. The highest BCUT2D eigenvalue weighted by Gasteiger charge is 2.67. The molecule has 1 unspecified atom stereocenters. The molecule has 8 aliphatic rings. The van der Waals surface area contributed by atoms with Gasteiger partial charge in [0.2, 0.25) is 29.5 Å². The first-order valence-electron chi connectivity index (χ1n) is 23.6. The van der Waals surface area contributed by atoms with Gasteiger partial charge in [-0.1, -0.05) is 80.1 Å². The van der Waals surface area contributed by atoms with E-state index in [2.05, 4.69) is 53.9 Å². The van der Waals surface area contributed by atoms with Crippen LogP contribution in [0.15, 0.2) is 54.6 Å². The van der Waals surface area contributed by atoms with Crippen molar-refractivity contribution in [2.24, 2.45) is 16.7 Å². The second kappa shape index (κ2) is 16.7. The average molecular weight is 950 g/mol. The minimum absolute atomic E-state index is 0.0680. The van der Waals surface area contributed by atoms with E-state index in [1.807, 2.05) is 17.0 Å². The van der Waals surface area contributed by atoms with Crippen LogP contribution in [0.2, 0.25) is 10.0 Å². The highest BCUT2D eigenvalue weighted by Crippen LogP contribution is 2.58. The molecule has 3 aliphatic carbocycles. The molecule has 350 valence electrons. The number of likely N-dealkylation sites (tertiary alicyclic amines) is 1. The van der Waals surface area contributed by atoms with E-state index in [0.717, 1.165) is 24.0 Å². The first kappa shape index (κ1) is 45.5. The normalized spacial score (nSPS) is 30.2. The van der Waals surface area contributed by atoms with Crippen molar-refractivity contribution in [2.75, 3.05) is 18.4 Å². The van der Waals surface area contributed by atoms with Crippen LogP contribution < -0.4 is 21.3 Å². The fourth-order valence-corrected chi connectivity index (χ4v) is 13.0. The summed E-state index contributed by atoms with van der Waals surface area (Å²) in [4.78, 5) is 85.2. The van der Waals surface area contributed by atoms with Crippen LogP contribution in [-0.2, 0) is 35.9 Å². The average Bonchev–Trinajstić information content (AvgIpc) is 3.91. The van der Waals surface area contributed by atoms with Crippen molar-refractivity contribution in [3.63, 3.8) is 0 Å². The molecule has 3 aromatic rings. The Morgan fingerprint density at radius 1 is 0.910 bits per heavy atom. The van der Waals surface area contributed by atoms with Gasteiger partial charge in [0.1, 0.15) is 17.3 Å². The SMILES string of the molecule is CC(C)(C)C[C@@H]1N[C@@H](C(=O)NC23CCC(C(=O)N4CCC(C#Cc5cccc6c5CN(C5CCC(=O)NC5=O)C6=O)CC4)(CC2)CC3)[C@H](c2cccc(Cl)c2F)[C@]12C(=O)Nc1cc(Cl)ccc12. The molecule has 1 spiro atoms. The molecule has 0 radical (unpaired) electrons. The number of fused-ring (bicyclic) bond motifs is 6. The maximum absolute atomic E-state index is 16.4. The molecule has 4 N–H and O–H groups in total. The van der Waals surface area contributed by atoms with Gasteiger partial charge in [-0.05, 0) is 117 Å². The van der Waals surface area contributed by atoms with Crippen LogP contribution in [0.25, 0.3) is 0 Å². The van der Waals surface area contributed by atoms with Crippen LogP contribution in [0.4, 0.5) is 10.1 Å². The Bertz CT molecular complexity index is 2680. The third-order valence-corrected chi connectivity index (χ3v) is 16.6. The van der Waals surface area contributed by atoms with E-state index in [9.17, 15) is 28.8 Å². The van der Waals surface area contributed by atoms with Gasteiger partial charge in [0.05, 0.1) is 11.1 Å². The topological polar surface area (TPSA) is 157 Å². The van der Waals surface area contributed by atoms with Crippen LogP contribution in [0.3, 0.4) is 0 Å². The number of amides is 6. The molecule has 3 saturated carbocycles. The lowest BCUT2D eigenvalue weighted by Crippen LogP contribution is -2.62. The number of nitrogens with zero attached hydrogens (tertiary/aromatic N) is 2. The Morgan fingerprint density at radius 2 is 1.63 bits per heavy atom. The predicted molar refractivity (Wildman–Crippen MR) is 250 cm³/mol. The number of imide groups is 1. The smallest absolute Gasteiger partial charge is 0.255 e. The van der Waals surface area contributed by atoms with Gasteiger partial charge < -0.3 is 25.8 Å². The maximum atomic E-state index is 16.4. The largest absolute Gasteiger partial charge is 0.349 e. The number of nitrogens with one attached hydrogen (secondary N) is 4. The van der Waals surface area contributed by atoms with E-state index >= 15 is 4.39 Å². The van der Waals surface area contributed by atoms with E-state index in [-0.39, 0.29) is 64.4 Å². The summed E-state index contributed by atoms with van der Waals surface area (Å²) in [5.74, 6) is 3.73. The molecule has 15 heteroatoms. The summed E-state index contributed by atoms with van der Waals surface area (Å²) in [6.07, 6.45) is 6.22. The van der Waals surface area contributed by atoms with E-state index in [0.29, 0.717) is 86.3 Å². The van der Waals surface area contributed by atoms with Gasteiger partial charge in [0, 0.05) is 76.7 Å². The summed E-state index contributed by atoms with van der Waals surface area (Å²) < 4.78 is 16.4. The van der Waals surface area contributed by atoms with E-state index in [1.165, 1.54) is 11.0 Å². The molecule has 0 aromatic heterocycles. The first-order chi connectivity index (χ1) is 31.9. The lowest BCUT2D eigenvalue weighted by Gasteiger charge is -2.54. The van der Waals surface area contributed by atoms with Gasteiger partial charge in [-0.2, -0.15) is 0 Å². The molecule has 6 fully saturated rings. The van der Waals surface area contributed by atoms with Gasteiger partial charge in [-0.25, -0.2) is 4.39 Å². The molecule has 12 nitrogen and oxygen atoms in total. The number of hydrogen-bond donors (Lipinski definition) is 4. The van der Waals surface area contributed by atoms with Crippen molar-refractivity contribution < 1.29 is 33.2 Å². The number of carbonyl (C=O) groups excluding carboxylic acids is 6. The van der Waals surface area contributed by atoms with Crippen molar-refractivity contribution in [3.05, 3.63) is 98.3 Å². The molecule has 5 aliphatic heterocycles. The standard InChI is InChI=1S/C52H55Cl2FN6O6/c1-49(2,3)27-39-52(35-13-12-31(53)26-37(35)56-47(52)66)41(33-8-5-9-36(54)42(33)55)43(57-39)45(64)59-51-21-18-50(19-22-51,20-23-51)48(67)60-24-16-29(17-25-60)10-11-30-6-4-7-32-34(30)28-61(46(32)65)38-14-15-40(62)58-44(38)63/h4-9,12-13,26,29,38-39,41,43,57H,14-25,27-28H2,1-3H3,(H,56,66)(H,59,64)(H,58,62,63)/t38?,39-,41-,43+,50?,51?,52+/m0/s1. The Kier molecular flexibility index (Phi) is 11.4. The molecular formula is C52H55Cl2FN6O6. The van der Waals surface area contributed by atoms with Crippen molar-refractivity contribution in [2.45, 2.75) is 133 Å². The Labute approximate surface area is 399 Å². The minimum Gasteiger partial charge on any atom is -0.349 e. The van der Waals surface area contributed by atoms with Crippen LogP contribution >= 0.6 is 23.2 Å². The van der Waals surface area contributed by atoms with E-state index in [1.54, 1.807) is 36.4 Å². The fourth-order valence-electron chi connectivity index (χ4n) is 12.6. The Morgan fingerprint density at radius 3 is 2.33 bits per heavy atom. The first-order valence-corrected chi connectivity index (χ1v) is 24.4. The zero-order valence-corrected chi connectivity index (χ0v) is 39.5. The van der Waals surface area contributed by atoms with Crippen molar-refractivity contribution in [1.82, 2.24) is 25.8 Å². The molecule has 11 rings (SSSR count). The third kappa shape index (κ3) is 7.71.